The molecule has 0 aromatic rings. The first-order valence-corrected chi connectivity index (χ1v) is 18.4. The zero-order valence-corrected chi connectivity index (χ0v) is 28.5. The summed E-state index contributed by atoms with van der Waals surface area (Å²) in [5.41, 5.74) is 0. The number of hydrogen-bond donors (Lipinski definition) is 3. The highest BCUT2D eigenvalue weighted by Crippen LogP contribution is 2.11. The first-order valence-electron chi connectivity index (χ1n) is 18.4. The molecular formula is C39H71NO3. The van der Waals surface area contributed by atoms with Crippen LogP contribution in [0.4, 0.5) is 0 Å². The van der Waals surface area contributed by atoms with Gasteiger partial charge in [0.05, 0.1) is 18.8 Å². The molecule has 43 heavy (non-hydrogen) atoms. The number of nitrogens with one attached hydrogen (secondary N) is 1. The molecule has 1 amide bonds. The zero-order chi connectivity index (χ0) is 31.5. The van der Waals surface area contributed by atoms with Crippen molar-refractivity contribution >= 4 is 5.91 Å². The maximum absolute atomic E-state index is 12.3. The predicted octanol–water partition coefficient (Wildman–Crippen LogP) is 10.8. The van der Waals surface area contributed by atoms with Crippen molar-refractivity contribution in [1.29, 1.82) is 0 Å². The normalized spacial score (nSPS) is 13.7. The van der Waals surface area contributed by atoms with Gasteiger partial charge in [0, 0.05) is 6.42 Å². The number of unbranched alkanes of at least 4 members (excludes halogenated alkanes) is 19. The Morgan fingerprint density at radius 2 is 0.907 bits per heavy atom. The van der Waals surface area contributed by atoms with Crippen molar-refractivity contribution in [2.45, 2.75) is 187 Å². The van der Waals surface area contributed by atoms with E-state index in [1.165, 1.54) is 103 Å². The highest BCUT2D eigenvalue weighted by molar-refractivity contribution is 5.76. The second-order valence-electron chi connectivity index (χ2n) is 12.3. The second kappa shape index (κ2) is 34.8. The van der Waals surface area contributed by atoms with Crippen molar-refractivity contribution in [1.82, 2.24) is 5.32 Å². The number of carbonyl (C=O) groups is 1. The van der Waals surface area contributed by atoms with E-state index in [0.29, 0.717) is 6.42 Å². The van der Waals surface area contributed by atoms with Crippen LogP contribution in [0.25, 0.3) is 0 Å². The van der Waals surface area contributed by atoms with E-state index in [1.807, 2.05) is 6.08 Å². The zero-order valence-electron chi connectivity index (χ0n) is 28.5. The molecule has 2 atom stereocenters. The third-order valence-corrected chi connectivity index (χ3v) is 8.01. The van der Waals surface area contributed by atoms with Gasteiger partial charge < -0.3 is 15.5 Å². The topological polar surface area (TPSA) is 69.6 Å². The molecule has 3 N–H and O–H groups in total. The van der Waals surface area contributed by atoms with Crippen molar-refractivity contribution in [2.75, 3.05) is 6.61 Å². The monoisotopic (exact) mass is 602 g/mol. The largest absolute Gasteiger partial charge is 0.394 e. The Labute approximate surface area is 267 Å². The molecule has 0 heterocycles. The van der Waals surface area contributed by atoms with Crippen LogP contribution in [0.5, 0.6) is 0 Å². The van der Waals surface area contributed by atoms with Crippen LogP contribution in [-0.4, -0.2) is 34.9 Å². The summed E-state index contributed by atoms with van der Waals surface area (Å²) < 4.78 is 0. The van der Waals surface area contributed by atoms with Gasteiger partial charge in [0.15, 0.2) is 0 Å². The molecule has 0 bridgehead atoms. The molecule has 0 saturated carbocycles. The molecule has 0 saturated heterocycles. The SMILES string of the molecule is CCCCCCC/C=C\CCCCCCCC(=O)NC(CO)C(O)/C=C/CC/C=C/CC/C=C/CCCCCCCCC. The number of rotatable bonds is 32. The van der Waals surface area contributed by atoms with Gasteiger partial charge in [0.1, 0.15) is 0 Å². The van der Waals surface area contributed by atoms with Crippen LogP contribution >= 0.6 is 0 Å². The van der Waals surface area contributed by atoms with Gasteiger partial charge in [-0.3, -0.25) is 4.79 Å². The van der Waals surface area contributed by atoms with Crippen LogP contribution < -0.4 is 5.32 Å². The molecule has 0 spiro atoms. The summed E-state index contributed by atoms with van der Waals surface area (Å²) in [6.07, 6.45) is 46.2. The minimum absolute atomic E-state index is 0.0900. The fourth-order valence-corrected chi connectivity index (χ4v) is 5.14. The minimum Gasteiger partial charge on any atom is -0.394 e. The highest BCUT2D eigenvalue weighted by atomic mass is 16.3. The van der Waals surface area contributed by atoms with Gasteiger partial charge in [0.25, 0.3) is 0 Å². The van der Waals surface area contributed by atoms with E-state index < -0.39 is 12.1 Å². The average molecular weight is 602 g/mol. The molecule has 0 aromatic heterocycles. The molecule has 0 aliphatic rings. The van der Waals surface area contributed by atoms with Gasteiger partial charge in [-0.25, -0.2) is 0 Å². The van der Waals surface area contributed by atoms with Gasteiger partial charge >= 0.3 is 0 Å². The Morgan fingerprint density at radius 1 is 0.535 bits per heavy atom. The third kappa shape index (κ3) is 31.6. The number of carbonyl (C=O) groups excluding carboxylic acids is 1. The van der Waals surface area contributed by atoms with Crippen LogP contribution in [0.15, 0.2) is 48.6 Å². The Bertz CT molecular complexity index is 697. The van der Waals surface area contributed by atoms with E-state index in [9.17, 15) is 15.0 Å². The summed E-state index contributed by atoms with van der Waals surface area (Å²) in [6, 6.07) is -0.648. The maximum atomic E-state index is 12.3. The molecular weight excluding hydrogens is 530 g/mol. The fourth-order valence-electron chi connectivity index (χ4n) is 5.14. The van der Waals surface area contributed by atoms with Crippen LogP contribution in [0.3, 0.4) is 0 Å². The van der Waals surface area contributed by atoms with Gasteiger partial charge in [-0.2, -0.15) is 0 Å². The molecule has 0 aliphatic heterocycles. The minimum atomic E-state index is -0.871. The van der Waals surface area contributed by atoms with E-state index in [-0.39, 0.29) is 12.5 Å². The lowest BCUT2D eigenvalue weighted by atomic mass is 10.1. The van der Waals surface area contributed by atoms with Crippen LogP contribution in [0, 0.1) is 0 Å². The van der Waals surface area contributed by atoms with E-state index in [4.69, 9.17) is 0 Å². The first kappa shape index (κ1) is 41.4. The number of allylic oxidation sites excluding steroid dienone is 7. The van der Waals surface area contributed by atoms with Crippen molar-refractivity contribution in [3.8, 4) is 0 Å². The molecule has 4 heteroatoms. The predicted molar refractivity (Wildman–Crippen MR) is 188 cm³/mol. The average Bonchev–Trinajstić information content (AvgIpc) is 3.01. The van der Waals surface area contributed by atoms with Gasteiger partial charge in [-0.1, -0.05) is 146 Å². The van der Waals surface area contributed by atoms with Gasteiger partial charge in [-0.05, 0) is 70.6 Å². The first-order chi connectivity index (χ1) is 21.2. The van der Waals surface area contributed by atoms with Gasteiger partial charge in [0.2, 0.25) is 5.91 Å². The Kier molecular flexibility index (Phi) is 33.5. The molecule has 4 nitrogen and oxygen atoms in total. The van der Waals surface area contributed by atoms with Crippen molar-refractivity contribution in [3.63, 3.8) is 0 Å². The second-order valence-corrected chi connectivity index (χ2v) is 12.3. The quantitative estimate of drug-likeness (QED) is 0.0530. The lowest BCUT2D eigenvalue weighted by Gasteiger charge is -2.19. The number of aliphatic hydroxyl groups is 2. The maximum Gasteiger partial charge on any atom is 0.220 e. The van der Waals surface area contributed by atoms with E-state index in [2.05, 4.69) is 55.6 Å². The van der Waals surface area contributed by atoms with Crippen molar-refractivity contribution in [3.05, 3.63) is 48.6 Å². The Balaban J connectivity index is 3.74. The van der Waals surface area contributed by atoms with Crippen LogP contribution in [0.1, 0.15) is 174 Å². The lowest BCUT2D eigenvalue weighted by Crippen LogP contribution is -2.45. The summed E-state index contributed by atoms with van der Waals surface area (Å²) >= 11 is 0. The summed E-state index contributed by atoms with van der Waals surface area (Å²) in [5, 5.41) is 22.8. The van der Waals surface area contributed by atoms with Crippen molar-refractivity contribution in [2.24, 2.45) is 0 Å². The summed E-state index contributed by atoms with van der Waals surface area (Å²) in [4.78, 5) is 12.3. The molecule has 0 fully saturated rings. The number of hydrogen-bond acceptors (Lipinski definition) is 3. The molecule has 0 rings (SSSR count). The van der Waals surface area contributed by atoms with E-state index in [0.717, 1.165) is 51.4 Å². The Morgan fingerprint density at radius 3 is 1.35 bits per heavy atom. The third-order valence-electron chi connectivity index (χ3n) is 8.01. The summed E-state index contributed by atoms with van der Waals surface area (Å²) in [5.74, 6) is -0.0900. The molecule has 2 unspecified atom stereocenters. The molecule has 250 valence electrons. The number of amides is 1. The van der Waals surface area contributed by atoms with Crippen LogP contribution in [-0.2, 0) is 4.79 Å². The fraction of sp³-hybridized carbons (Fsp3) is 0.769. The van der Waals surface area contributed by atoms with Gasteiger partial charge in [-0.15, -0.1) is 0 Å². The molecule has 0 radical (unpaired) electrons. The highest BCUT2D eigenvalue weighted by Gasteiger charge is 2.17. The summed E-state index contributed by atoms with van der Waals surface area (Å²) in [7, 11) is 0. The van der Waals surface area contributed by atoms with Crippen molar-refractivity contribution < 1.29 is 15.0 Å². The Hall–Kier alpha value is -1.65. The molecule has 0 aliphatic carbocycles. The number of aliphatic hydroxyl groups excluding tert-OH is 2. The standard InChI is InChI=1S/C39H71NO3/c1-3-5-7-9-11-13-15-17-19-20-21-22-24-26-28-30-32-34-38(42)37(36-41)40-39(43)35-33-31-29-27-25-23-18-16-14-12-10-8-6-4-2/h16,18-20,24,26,32,34,37-38,41-42H,3-15,17,21-23,25,27-31,33,35-36H2,1-2H3,(H,40,43)/b18-16-,20-19+,26-24+,34-32+. The summed E-state index contributed by atoms with van der Waals surface area (Å²) in [6.45, 7) is 4.25. The van der Waals surface area contributed by atoms with E-state index >= 15 is 0 Å². The van der Waals surface area contributed by atoms with Crippen LogP contribution in [0.2, 0.25) is 0 Å². The van der Waals surface area contributed by atoms with E-state index in [1.54, 1.807) is 6.08 Å². The smallest absolute Gasteiger partial charge is 0.220 e. The lowest BCUT2D eigenvalue weighted by molar-refractivity contribution is -0.123. The molecule has 0 aromatic carbocycles.